The van der Waals surface area contributed by atoms with E-state index in [-0.39, 0.29) is 30.6 Å². The van der Waals surface area contributed by atoms with E-state index in [4.69, 9.17) is 9.47 Å². The lowest BCUT2D eigenvalue weighted by molar-refractivity contribution is -0.376. The van der Waals surface area contributed by atoms with E-state index in [2.05, 4.69) is 4.98 Å². The van der Waals surface area contributed by atoms with Crippen molar-refractivity contribution in [2.24, 2.45) is 0 Å². The van der Waals surface area contributed by atoms with Crippen LogP contribution in [0.2, 0.25) is 0 Å². The van der Waals surface area contributed by atoms with Crippen molar-refractivity contribution < 1.29 is 45.7 Å². The number of pyridine rings is 1. The number of hydrogen-bond donors (Lipinski definition) is 1. The summed E-state index contributed by atoms with van der Waals surface area (Å²) in [6.45, 7) is 0.0619. The molecule has 2 heterocycles. The summed E-state index contributed by atoms with van der Waals surface area (Å²) in [6, 6.07) is 12.9. The van der Waals surface area contributed by atoms with Crippen LogP contribution in [-0.2, 0) is 16.8 Å². The number of halogens is 6. The number of nitrogens with zero attached hydrogens (tertiary/aromatic N) is 2. The van der Waals surface area contributed by atoms with Gasteiger partial charge in [0.25, 0.3) is 5.60 Å². The van der Waals surface area contributed by atoms with E-state index >= 15 is 0 Å². The Kier molecular flexibility index (Phi) is 7.78. The van der Waals surface area contributed by atoms with Gasteiger partial charge in [-0.25, -0.2) is 0 Å². The lowest BCUT2D eigenvalue weighted by atomic mass is 9.89. The molecule has 2 atom stereocenters. The van der Waals surface area contributed by atoms with Crippen molar-refractivity contribution in [1.82, 2.24) is 4.98 Å². The van der Waals surface area contributed by atoms with Gasteiger partial charge in [-0.3, -0.25) is 4.98 Å². The number of aldehydes is 1. The Morgan fingerprint density at radius 3 is 2.33 bits per heavy atom. The van der Waals surface area contributed by atoms with Gasteiger partial charge in [0, 0.05) is 23.5 Å². The molecule has 4 rings (SSSR count). The van der Waals surface area contributed by atoms with Gasteiger partial charge in [0.15, 0.2) is 0 Å². The fourth-order valence-corrected chi connectivity index (χ4v) is 4.58. The Morgan fingerprint density at radius 1 is 1.00 bits per heavy atom. The Bertz CT molecular complexity index is 1290. The molecular formula is C27H24F6N2O4. The van der Waals surface area contributed by atoms with Crippen molar-refractivity contribution in [3.63, 3.8) is 0 Å². The first-order valence-corrected chi connectivity index (χ1v) is 11.8. The van der Waals surface area contributed by atoms with Crippen LogP contribution in [0.3, 0.4) is 0 Å². The normalized spacial score (nSPS) is 17.1. The Labute approximate surface area is 219 Å². The summed E-state index contributed by atoms with van der Waals surface area (Å²) in [5.41, 5.74) is -5.81. The molecule has 2 aromatic carbocycles. The molecule has 1 N–H and O–H groups in total. The predicted octanol–water partition coefficient (Wildman–Crippen LogP) is 5.54. The fourth-order valence-electron chi connectivity index (χ4n) is 4.58. The Balaban J connectivity index is 1.80. The number of ether oxygens (including phenoxy) is 2. The number of benzene rings is 2. The van der Waals surface area contributed by atoms with Crippen molar-refractivity contribution in [2.45, 2.75) is 42.9 Å². The molecule has 0 spiro atoms. The SMILES string of the molecule is COc1cccc(O[C@H]2CCc3cc(C(O)(C(F)(F)F)C(F)(F)F)ccc3N(C(C=O)c3ccccn3)C2)c1. The summed E-state index contributed by atoms with van der Waals surface area (Å²) in [5, 5.41) is 9.96. The van der Waals surface area contributed by atoms with Gasteiger partial charge in [-0.1, -0.05) is 24.3 Å². The zero-order chi connectivity index (χ0) is 28.4. The van der Waals surface area contributed by atoms with Gasteiger partial charge in [0.05, 0.1) is 19.3 Å². The van der Waals surface area contributed by atoms with Gasteiger partial charge in [-0.2, -0.15) is 26.3 Å². The zero-order valence-electron chi connectivity index (χ0n) is 20.5. The van der Waals surface area contributed by atoms with Gasteiger partial charge in [-0.05, 0) is 48.7 Å². The maximum atomic E-state index is 13.6. The number of hydrogen-bond acceptors (Lipinski definition) is 6. The number of aryl methyl sites for hydroxylation is 1. The molecular weight excluding hydrogens is 530 g/mol. The van der Waals surface area contributed by atoms with Gasteiger partial charge >= 0.3 is 12.4 Å². The highest BCUT2D eigenvalue weighted by atomic mass is 19.4. The summed E-state index contributed by atoms with van der Waals surface area (Å²) in [5.74, 6) is 0.943. The number of alkyl halides is 6. The van der Waals surface area contributed by atoms with Crippen molar-refractivity contribution in [2.75, 3.05) is 18.6 Å². The minimum Gasteiger partial charge on any atom is -0.497 e. The van der Waals surface area contributed by atoms with E-state index in [1.807, 2.05) is 0 Å². The molecule has 6 nitrogen and oxygen atoms in total. The second-order valence-electron chi connectivity index (χ2n) is 8.99. The minimum atomic E-state index is -6.03. The molecule has 1 unspecified atom stereocenters. The smallest absolute Gasteiger partial charge is 0.430 e. The number of anilines is 1. The van der Waals surface area contributed by atoms with E-state index in [9.17, 15) is 36.2 Å². The number of aromatic nitrogens is 1. The summed E-state index contributed by atoms with van der Waals surface area (Å²) in [4.78, 5) is 18.0. The molecule has 0 fully saturated rings. The highest BCUT2D eigenvalue weighted by Gasteiger charge is 2.71. The van der Waals surface area contributed by atoms with E-state index < -0.39 is 35.7 Å². The second-order valence-corrected chi connectivity index (χ2v) is 8.99. The minimum absolute atomic E-state index is 0.00784. The van der Waals surface area contributed by atoms with Crippen LogP contribution in [0.15, 0.2) is 66.9 Å². The van der Waals surface area contributed by atoms with Crippen LogP contribution in [0.5, 0.6) is 11.5 Å². The molecule has 0 bridgehead atoms. The first kappa shape index (κ1) is 28.2. The fraction of sp³-hybridized carbons (Fsp3) is 0.333. The van der Waals surface area contributed by atoms with Gasteiger partial charge in [-0.15, -0.1) is 0 Å². The van der Waals surface area contributed by atoms with E-state index in [0.717, 1.165) is 6.07 Å². The average Bonchev–Trinajstić information content (AvgIpc) is 3.07. The van der Waals surface area contributed by atoms with Crippen LogP contribution in [0.1, 0.15) is 29.3 Å². The third-order valence-electron chi connectivity index (χ3n) is 6.56. The summed E-state index contributed by atoms with van der Waals surface area (Å²) >= 11 is 0. The summed E-state index contributed by atoms with van der Waals surface area (Å²) in [6.07, 6.45) is -10.4. The second kappa shape index (κ2) is 10.8. The standard InChI is InChI=1S/C27H24F6N2O4/c1-38-19-5-4-6-20(14-19)39-21-10-8-17-13-18(25(37,26(28,29)30)27(31,32)33)9-11-23(17)35(15-21)24(16-36)22-7-2-3-12-34-22/h2-7,9,11-14,16,21,24,37H,8,10,15H2,1H3/t21-,24?/m0/s1. The molecule has 0 aliphatic carbocycles. The van der Waals surface area contributed by atoms with Crippen LogP contribution in [-0.4, -0.2) is 48.5 Å². The molecule has 1 aliphatic rings. The number of aliphatic hydroxyl groups is 1. The third-order valence-corrected chi connectivity index (χ3v) is 6.56. The number of fused-ring (bicyclic) bond motifs is 1. The van der Waals surface area contributed by atoms with Gasteiger partial charge < -0.3 is 24.3 Å². The highest BCUT2D eigenvalue weighted by Crippen LogP contribution is 2.51. The first-order chi connectivity index (χ1) is 18.4. The predicted molar refractivity (Wildman–Crippen MR) is 129 cm³/mol. The van der Waals surface area contributed by atoms with Crippen molar-refractivity contribution >= 4 is 12.0 Å². The Morgan fingerprint density at radius 2 is 1.72 bits per heavy atom. The molecule has 0 saturated carbocycles. The third kappa shape index (κ3) is 5.51. The number of methoxy groups -OCH3 is 1. The topological polar surface area (TPSA) is 71.9 Å². The van der Waals surface area contributed by atoms with Crippen molar-refractivity contribution in [1.29, 1.82) is 0 Å². The lowest BCUT2D eigenvalue weighted by Crippen LogP contribution is -2.54. The van der Waals surface area contributed by atoms with Crippen LogP contribution in [0.4, 0.5) is 32.0 Å². The maximum absolute atomic E-state index is 13.6. The van der Waals surface area contributed by atoms with Gasteiger partial charge in [0.2, 0.25) is 0 Å². The first-order valence-electron chi connectivity index (χ1n) is 11.8. The van der Waals surface area contributed by atoms with Crippen LogP contribution in [0, 0.1) is 0 Å². The molecule has 3 aromatic rings. The van der Waals surface area contributed by atoms with Crippen LogP contribution >= 0.6 is 0 Å². The van der Waals surface area contributed by atoms with E-state index in [1.165, 1.54) is 18.2 Å². The molecule has 1 aromatic heterocycles. The monoisotopic (exact) mass is 554 g/mol. The number of rotatable bonds is 7. The maximum Gasteiger partial charge on any atom is 0.430 e. The number of carbonyl (C=O) groups is 1. The largest absolute Gasteiger partial charge is 0.497 e. The van der Waals surface area contributed by atoms with Crippen molar-refractivity contribution in [3.8, 4) is 11.5 Å². The van der Waals surface area contributed by atoms with Crippen LogP contribution in [0.25, 0.3) is 0 Å². The Hall–Kier alpha value is -3.80. The lowest BCUT2D eigenvalue weighted by Gasteiger charge is -2.35. The molecule has 1 aliphatic heterocycles. The summed E-state index contributed by atoms with van der Waals surface area (Å²) < 4.78 is 92.8. The molecule has 0 radical (unpaired) electrons. The molecule has 12 heteroatoms. The quantitative estimate of drug-likeness (QED) is 0.306. The zero-order valence-corrected chi connectivity index (χ0v) is 20.5. The molecule has 39 heavy (non-hydrogen) atoms. The van der Waals surface area contributed by atoms with Crippen molar-refractivity contribution in [3.05, 3.63) is 83.7 Å². The molecule has 0 amide bonds. The number of carbonyl (C=O) groups excluding carboxylic acids is 1. The van der Waals surface area contributed by atoms with Gasteiger partial charge in [0.1, 0.15) is 29.9 Å². The van der Waals surface area contributed by atoms with E-state index in [0.29, 0.717) is 35.6 Å². The average molecular weight is 554 g/mol. The molecule has 0 saturated heterocycles. The highest BCUT2D eigenvalue weighted by molar-refractivity contribution is 5.70. The van der Waals surface area contributed by atoms with Crippen LogP contribution < -0.4 is 14.4 Å². The van der Waals surface area contributed by atoms with E-state index in [1.54, 1.807) is 42.5 Å². The summed E-state index contributed by atoms with van der Waals surface area (Å²) in [7, 11) is 1.48. The molecule has 208 valence electrons.